The number of sulfonamides is 1. The summed E-state index contributed by atoms with van der Waals surface area (Å²) in [7, 11) is -3.43. The van der Waals surface area contributed by atoms with Crippen molar-refractivity contribution in [2.24, 2.45) is 0 Å². The number of rotatable bonds is 5. The number of halogens is 1. The number of anilines is 1. The van der Waals surface area contributed by atoms with Gasteiger partial charge >= 0.3 is 0 Å². The summed E-state index contributed by atoms with van der Waals surface area (Å²) in [6.45, 7) is 4.19. The van der Waals surface area contributed by atoms with Crippen LogP contribution in [0.25, 0.3) is 0 Å². The van der Waals surface area contributed by atoms with E-state index in [9.17, 15) is 8.42 Å². The molecule has 2 aromatic rings. The van der Waals surface area contributed by atoms with Crippen molar-refractivity contribution in [3.8, 4) is 0 Å². The zero-order valence-electron chi connectivity index (χ0n) is 12.0. The first-order valence-electron chi connectivity index (χ1n) is 6.70. The Morgan fingerprint density at radius 1 is 1.00 bits per heavy atom. The molecule has 0 fully saturated rings. The monoisotopic (exact) mass is 323 g/mol. The van der Waals surface area contributed by atoms with Crippen LogP contribution in [-0.2, 0) is 15.8 Å². The van der Waals surface area contributed by atoms with Gasteiger partial charge in [-0.1, -0.05) is 49.7 Å². The summed E-state index contributed by atoms with van der Waals surface area (Å²) in [5.41, 5.74) is 2.45. The second kappa shape index (κ2) is 6.50. The van der Waals surface area contributed by atoms with E-state index in [1.165, 1.54) is 5.56 Å². The molecule has 0 saturated heterocycles. The molecule has 0 amide bonds. The van der Waals surface area contributed by atoms with E-state index in [1.54, 1.807) is 36.4 Å². The second-order valence-electron chi connectivity index (χ2n) is 5.26. The van der Waals surface area contributed by atoms with E-state index >= 15 is 0 Å². The van der Waals surface area contributed by atoms with Crippen LogP contribution in [0.4, 0.5) is 5.69 Å². The molecule has 2 rings (SSSR count). The Labute approximate surface area is 131 Å². The molecule has 5 heteroatoms. The minimum atomic E-state index is -3.43. The average molecular weight is 324 g/mol. The molecule has 3 nitrogen and oxygen atoms in total. The van der Waals surface area contributed by atoms with Gasteiger partial charge in [-0.05, 0) is 41.3 Å². The molecule has 0 aliphatic heterocycles. The topological polar surface area (TPSA) is 46.2 Å². The van der Waals surface area contributed by atoms with Gasteiger partial charge in [-0.2, -0.15) is 0 Å². The van der Waals surface area contributed by atoms with Crippen molar-refractivity contribution in [3.63, 3.8) is 0 Å². The summed E-state index contributed by atoms with van der Waals surface area (Å²) in [5.74, 6) is 0.348. The van der Waals surface area contributed by atoms with Gasteiger partial charge in [-0.3, -0.25) is 4.72 Å². The van der Waals surface area contributed by atoms with Crippen LogP contribution in [0.5, 0.6) is 0 Å². The van der Waals surface area contributed by atoms with Crippen molar-refractivity contribution in [3.05, 3.63) is 64.7 Å². The Morgan fingerprint density at radius 3 is 2.10 bits per heavy atom. The van der Waals surface area contributed by atoms with Crippen molar-refractivity contribution in [2.75, 3.05) is 4.72 Å². The van der Waals surface area contributed by atoms with E-state index in [0.717, 1.165) is 0 Å². The van der Waals surface area contributed by atoms with E-state index in [2.05, 4.69) is 18.6 Å². The van der Waals surface area contributed by atoms with Crippen molar-refractivity contribution < 1.29 is 8.42 Å². The Morgan fingerprint density at radius 2 is 1.57 bits per heavy atom. The molecule has 0 unspecified atom stereocenters. The Hall–Kier alpha value is -1.52. The van der Waals surface area contributed by atoms with Gasteiger partial charge in [-0.15, -0.1) is 0 Å². The molecule has 21 heavy (non-hydrogen) atoms. The highest BCUT2D eigenvalue weighted by atomic mass is 35.5. The third-order valence-corrected chi connectivity index (χ3v) is 4.63. The predicted molar refractivity (Wildman–Crippen MR) is 88.2 cm³/mol. The summed E-state index contributed by atoms with van der Waals surface area (Å²) >= 11 is 5.79. The fourth-order valence-electron chi connectivity index (χ4n) is 1.95. The molecule has 0 radical (unpaired) electrons. The van der Waals surface area contributed by atoms with Crippen molar-refractivity contribution >= 4 is 27.3 Å². The standard InChI is InChI=1S/C16H18ClNO2S/c1-12(2)14-5-9-16(10-6-14)18-21(19,20)11-13-3-7-15(17)8-4-13/h3-10,12,18H,11H2,1-2H3. The number of hydrogen-bond donors (Lipinski definition) is 1. The van der Waals surface area contributed by atoms with Gasteiger partial charge < -0.3 is 0 Å². The van der Waals surface area contributed by atoms with Crippen LogP contribution in [0.3, 0.4) is 0 Å². The molecular formula is C16H18ClNO2S. The first kappa shape index (κ1) is 15.9. The molecule has 112 valence electrons. The summed E-state index contributed by atoms with van der Waals surface area (Å²) in [4.78, 5) is 0. The van der Waals surface area contributed by atoms with E-state index < -0.39 is 10.0 Å². The zero-order chi connectivity index (χ0) is 15.5. The molecular weight excluding hydrogens is 306 g/mol. The van der Waals surface area contributed by atoms with Crippen LogP contribution in [-0.4, -0.2) is 8.42 Å². The number of nitrogens with one attached hydrogen (secondary N) is 1. The number of benzene rings is 2. The lowest BCUT2D eigenvalue weighted by atomic mass is 10.0. The first-order valence-corrected chi connectivity index (χ1v) is 8.74. The number of hydrogen-bond acceptors (Lipinski definition) is 2. The van der Waals surface area contributed by atoms with Gasteiger partial charge in [0, 0.05) is 10.7 Å². The van der Waals surface area contributed by atoms with E-state index in [-0.39, 0.29) is 5.75 Å². The largest absolute Gasteiger partial charge is 0.283 e. The fraction of sp³-hybridized carbons (Fsp3) is 0.250. The molecule has 0 aliphatic carbocycles. The smallest absolute Gasteiger partial charge is 0.236 e. The quantitative estimate of drug-likeness (QED) is 0.886. The average Bonchev–Trinajstić information content (AvgIpc) is 2.41. The van der Waals surface area contributed by atoms with Crippen LogP contribution >= 0.6 is 11.6 Å². The van der Waals surface area contributed by atoms with Crippen LogP contribution in [0.15, 0.2) is 48.5 Å². The Bertz CT molecular complexity index is 692. The molecule has 0 bridgehead atoms. The predicted octanol–water partition coefficient (Wildman–Crippen LogP) is 4.41. The van der Waals surface area contributed by atoms with Crippen LogP contribution in [0.1, 0.15) is 30.9 Å². The Kier molecular flexibility index (Phi) is 4.91. The lowest BCUT2D eigenvalue weighted by Gasteiger charge is -2.10. The van der Waals surface area contributed by atoms with Gasteiger partial charge in [0.05, 0.1) is 5.75 Å². The first-order chi connectivity index (χ1) is 9.85. The molecule has 2 aromatic carbocycles. The lowest BCUT2D eigenvalue weighted by molar-refractivity contribution is 0.600. The summed E-state index contributed by atoms with van der Waals surface area (Å²) < 4.78 is 26.8. The molecule has 0 saturated carbocycles. The third-order valence-electron chi connectivity index (χ3n) is 3.12. The summed E-state index contributed by atoms with van der Waals surface area (Å²) in [5, 5.41) is 0.591. The summed E-state index contributed by atoms with van der Waals surface area (Å²) in [6.07, 6.45) is 0. The highest BCUT2D eigenvalue weighted by Gasteiger charge is 2.12. The van der Waals surface area contributed by atoms with Gasteiger partial charge in [0.2, 0.25) is 10.0 Å². The summed E-state index contributed by atoms with van der Waals surface area (Å²) in [6, 6.07) is 14.2. The molecule has 0 aliphatic rings. The molecule has 0 spiro atoms. The SMILES string of the molecule is CC(C)c1ccc(NS(=O)(=O)Cc2ccc(Cl)cc2)cc1. The maximum absolute atomic E-state index is 12.1. The fourth-order valence-corrected chi connectivity index (χ4v) is 3.28. The van der Waals surface area contributed by atoms with Crippen molar-refractivity contribution in [2.45, 2.75) is 25.5 Å². The highest BCUT2D eigenvalue weighted by Crippen LogP contribution is 2.19. The van der Waals surface area contributed by atoms with Gasteiger partial charge in [0.1, 0.15) is 0 Å². The minimum absolute atomic E-state index is 0.0733. The molecule has 0 aromatic heterocycles. The van der Waals surface area contributed by atoms with E-state index in [0.29, 0.717) is 22.2 Å². The Balaban J connectivity index is 2.08. The maximum atomic E-state index is 12.1. The lowest BCUT2D eigenvalue weighted by Crippen LogP contribution is -2.15. The zero-order valence-corrected chi connectivity index (χ0v) is 13.6. The normalized spacial score (nSPS) is 11.6. The second-order valence-corrected chi connectivity index (χ2v) is 7.42. The maximum Gasteiger partial charge on any atom is 0.236 e. The van der Waals surface area contributed by atoms with Gasteiger partial charge in [-0.25, -0.2) is 8.42 Å². The van der Waals surface area contributed by atoms with E-state index in [4.69, 9.17) is 11.6 Å². The van der Waals surface area contributed by atoms with Gasteiger partial charge in [0.15, 0.2) is 0 Å². The third kappa shape index (κ3) is 4.76. The van der Waals surface area contributed by atoms with Crippen molar-refractivity contribution in [1.29, 1.82) is 0 Å². The van der Waals surface area contributed by atoms with Crippen molar-refractivity contribution in [1.82, 2.24) is 0 Å². The van der Waals surface area contributed by atoms with Crippen LogP contribution in [0, 0.1) is 0 Å². The molecule has 0 heterocycles. The molecule has 0 atom stereocenters. The minimum Gasteiger partial charge on any atom is -0.283 e. The highest BCUT2D eigenvalue weighted by molar-refractivity contribution is 7.91. The molecule has 1 N–H and O–H groups in total. The van der Waals surface area contributed by atoms with Crippen LogP contribution < -0.4 is 4.72 Å². The van der Waals surface area contributed by atoms with Crippen LogP contribution in [0.2, 0.25) is 5.02 Å². The van der Waals surface area contributed by atoms with Gasteiger partial charge in [0.25, 0.3) is 0 Å². The van der Waals surface area contributed by atoms with E-state index in [1.807, 2.05) is 12.1 Å².